The number of para-hydroxylation sites is 1. The van der Waals surface area contributed by atoms with E-state index in [0.717, 1.165) is 5.56 Å². The second-order valence-corrected chi connectivity index (χ2v) is 3.53. The molecule has 1 rings (SSSR count). The van der Waals surface area contributed by atoms with Crippen molar-refractivity contribution in [3.63, 3.8) is 0 Å². The molecule has 1 N–H and O–H groups in total. The molecule has 4 nitrogen and oxygen atoms in total. The van der Waals surface area contributed by atoms with Crippen molar-refractivity contribution in [2.24, 2.45) is 0 Å². The summed E-state index contributed by atoms with van der Waals surface area (Å²) in [7, 11) is 1.50. The molecule has 0 saturated heterocycles. The van der Waals surface area contributed by atoms with Gasteiger partial charge in [0, 0.05) is 7.05 Å². The maximum Gasteiger partial charge on any atom is 0.406 e. The van der Waals surface area contributed by atoms with Gasteiger partial charge in [-0.05, 0) is 18.6 Å². The lowest BCUT2D eigenvalue weighted by Crippen LogP contribution is -2.21. The highest BCUT2D eigenvalue weighted by atomic mass is 35.5. The van der Waals surface area contributed by atoms with Crippen LogP contribution in [0.3, 0.4) is 0 Å². The number of amides is 1. The predicted octanol–water partition coefficient (Wildman–Crippen LogP) is 2.38. The number of rotatable bonds is 4. The first-order valence-corrected chi connectivity index (χ1v) is 5.25. The van der Waals surface area contributed by atoms with Gasteiger partial charge in [-0.2, -0.15) is 0 Å². The zero-order valence-electron chi connectivity index (χ0n) is 9.25. The number of nitrogens with one attached hydrogen (secondary N) is 1. The third-order valence-electron chi connectivity index (χ3n) is 1.93. The van der Waals surface area contributed by atoms with Crippen molar-refractivity contribution >= 4 is 17.7 Å². The Kier molecular flexibility index (Phi) is 4.92. The van der Waals surface area contributed by atoms with Crippen LogP contribution in [0.4, 0.5) is 4.79 Å². The van der Waals surface area contributed by atoms with Crippen LogP contribution >= 0.6 is 11.6 Å². The van der Waals surface area contributed by atoms with E-state index in [1.807, 2.05) is 19.1 Å². The van der Waals surface area contributed by atoms with E-state index in [9.17, 15) is 4.79 Å². The lowest BCUT2D eigenvalue weighted by atomic mass is 10.2. The second-order valence-electron chi connectivity index (χ2n) is 3.12. The monoisotopic (exact) mass is 243 g/mol. The highest BCUT2D eigenvalue weighted by Crippen LogP contribution is 2.27. The van der Waals surface area contributed by atoms with Crippen molar-refractivity contribution in [1.82, 2.24) is 5.32 Å². The van der Waals surface area contributed by atoms with Crippen LogP contribution in [0.2, 0.25) is 5.02 Å². The van der Waals surface area contributed by atoms with Crippen molar-refractivity contribution in [3.8, 4) is 5.75 Å². The third-order valence-corrected chi connectivity index (χ3v) is 2.23. The van der Waals surface area contributed by atoms with E-state index < -0.39 is 6.09 Å². The largest absolute Gasteiger partial charge is 0.488 e. The Morgan fingerprint density at radius 2 is 2.19 bits per heavy atom. The van der Waals surface area contributed by atoms with Crippen LogP contribution in [0.1, 0.15) is 5.56 Å². The summed E-state index contributed by atoms with van der Waals surface area (Å²) in [4.78, 5) is 10.7. The van der Waals surface area contributed by atoms with Crippen LogP contribution in [0, 0.1) is 6.92 Å². The molecule has 0 radical (unpaired) electrons. The number of halogens is 1. The molecule has 0 aliphatic heterocycles. The zero-order chi connectivity index (χ0) is 12.0. The van der Waals surface area contributed by atoms with Crippen LogP contribution in [0.15, 0.2) is 18.2 Å². The molecule has 0 atom stereocenters. The fraction of sp³-hybridized carbons (Fsp3) is 0.364. The molecule has 0 aromatic heterocycles. The molecule has 0 spiro atoms. The maximum atomic E-state index is 10.7. The Bertz CT molecular complexity index is 348. The molecular formula is C11H14ClNO3. The summed E-state index contributed by atoms with van der Waals surface area (Å²) in [6.45, 7) is 2.36. The van der Waals surface area contributed by atoms with Gasteiger partial charge in [0.2, 0.25) is 0 Å². The van der Waals surface area contributed by atoms with E-state index in [4.69, 9.17) is 21.1 Å². The number of ether oxygens (including phenoxy) is 2. The highest BCUT2D eigenvalue weighted by molar-refractivity contribution is 6.32. The van der Waals surface area contributed by atoms with E-state index in [-0.39, 0.29) is 13.2 Å². The molecule has 0 unspecified atom stereocenters. The highest BCUT2D eigenvalue weighted by Gasteiger charge is 2.05. The molecule has 0 saturated carbocycles. The van der Waals surface area contributed by atoms with Gasteiger partial charge < -0.3 is 14.8 Å². The number of benzene rings is 1. The van der Waals surface area contributed by atoms with Crippen LogP contribution in [0.5, 0.6) is 5.75 Å². The van der Waals surface area contributed by atoms with Gasteiger partial charge in [0.1, 0.15) is 19.0 Å². The number of hydrogen-bond acceptors (Lipinski definition) is 3. The molecule has 0 bridgehead atoms. The zero-order valence-corrected chi connectivity index (χ0v) is 10.0. The molecular weight excluding hydrogens is 230 g/mol. The van der Waals surface area contributed by atoms with Gasteiger partial charge in [-0.25, -0.2) is 4.79 Å². The Hall–Kier alpha value is -1.42. The number of carbonyl (C=O) groups excluding carboxylic acids is 1. The topological polar surface area (TPSA) is 47.6 Å². The van der Waals surface area contributed by atoms with Gasteiger partial charge in [-0.15, -0.1) is 0 Å². The Labute approximate surface area is 99.5 Å². The minimum absolute atomic E-state index is 0.185. The summed E-state index contributed by atoms with van der Waals surface area (Å²) in [5, 5.41) is 2.90. The average Bonchev–Trinajstić information content (AvgIpc) is 2.27. The standard InChI is InChI=1S/C11H14ClNO3/c1-8-4-3-5-9(12)10(8)15-6-7-16-11(14)13-2/h3-5H,6-7H2,1-2H3,(H,13,14). The first-order valence-electron chi connectivity index (χ1n) is 4.87. The molecule has 16 heavy (non-hydrogen) atoms. The minimum Gasteiger partial charge on any atom is -0.488 e. The molecule has 1 aromatic rings. The molecule has 5 heteroatoms. The fourth-order valence-corrected chi connectivity index (χ4v) is 1.43. The maximum absolute atomic E-state index is 10.7. The average molecular weight is 244 g/mol. The normalized spacial score (nSPS) is 9.69. The summed E-state index contributed by atoms with van der Waals surface area (Å²) >= 11 is 5.95. The van der Waals surface area contributed by atoms with Crippen LogP contribution in [-0.2, 0) is 4.74 Å². The van der Waals surface area contributed by atoms with E-state index in [1.54, 1.807) is 6.07 Å². The minimum atomic E-state index is -0.473. The van der Waals surface area contributed by atoms with Crippen LogP contribution in [0.25, 0.3) is 0 Å². The smallest absolute Gasteiger partial charge is 0.406 e. The van der Waals surface area contributed by atoms with E-state index in [1.165, 1.54) is 7.05 Å². The Morgan fingerprint density at radius 1 is 1.44 bits per heavy atom. The first kappa shape index (κ1) is 12.6. The number of alkyl carbamates (subject to hydrolysis) is 1. The molecule has 0 fully saturated rings. The van der Waals surface area contributed by atoms with Crippen LogP contribution in [-0.4, -0.2) is 26.4 Å². The van der Waals surface area contributed by atoms with E-state index in [0.29, 0.717) is 10.8 Å². The molecule has 0 aliphatic rings. The lowest BCUT2D eigenvalue weighted by Gasteiger charge is -2.10. The van der Waals surface area contributed by atoms with Gasteiger partial charge in [0.15, 0.2) is 0 Å². The summed E-state index contributed by atoms with van der Waals surface area (Å²) in [5.41, 5.74) is 0.951. The quantitative estimate of drug-likeness (QED) is 0.826. The Balaban J connectivity index is 2.40. The fourth-order valence-electron chi connectivity index (χ4n) is 1.15. The van der Waals surface area contributed by atoms with E-state index >= 15 is 0 Å². The number of hydrogen-bond donors (Lipinski definition) is 1. The van der Waals surface area contributed by atoms with Crippen molar-refractivity contribution < 1.29 is 14.3 Å². The van der Waals surface area contributed by atoms with Crippen molar-refractivity contribution in [3.05, 3.63) is 28.8 Å². The molecule has 1 amide bonds. The SMILES string of the molecule is CNC(=O)OCCOc1c(C)cccc1Cl. The van der Waals surface area contributed by atoms with Crippen molar-refractivity contribution in [1.29, 1.82) is 0 Å². The Morgan fingerprint density at radius 3 is 2.81 bits per heavy atom. The summed E-state index contributed by atoms with van der Waals surface area (Å²) in [5.74, 6) is 0.629. The van der Waals surface area contributed by atoms with E-state index in [2.05, 4.69) is 5.32 Å². The van der Waals surface area contributed by atoms with Gasteiger partial charge in [-0.3, -0.25) is 0 Å². The van der Waals surface area contributed by atoms with Gasteiger partial charge in [0.25, 0.3) is 0 Å². The molecule has 0 heterocycles. The van der Waals surface area contributed by atoms with Crippen LogP contribution < -0.4 is 10.1 Å². The van der Waals surface area contributed by atoms with Gasteiger partial charge >= 0.3 is 6.09 Å². The second kappa shape index (κ2) is 6.23. The molecule has 0 aliphatic carbocycles. The molecule has 88 valence electrons. The third kappa shape index (κ3) is 3.62. The first-order chi connectivity index (χ1) is 7.65. The van der Waals surface area contributed by atoms with Gasteiger partial charge in [0.05, 0.1) is 5.02 Å². The number of carbonyl (C=O) groups is 1. The lowest BCUT2D eigenvalue weighted by molar-refractivity contribution is 0.127. The summed E-state index contributed by atoms with van der Waals surface area (Å²) in [6.07, 6.45) is -0.473. The predicted molar refractivity (Wildman–Crippen MR) is 62.1 cm³/mol. The van der Waals surface area contributed by atoms with Crippen molar-refractivity contribution in [2.45, 2.75) is 6.92 Å². The molecule has 1 aromatic carbocycles. The van der Waals surface area contributed by atoms with Gasteiger partial charge in [-0.1, -0.05) is 23.7 Å². The summed E-state index contributed by atoms with van der Waals surface area (Å²) in [6, 6.07) is 5.51. The number of aryl methyl sites for hydroxylation is 1. The summed E-state index contributed by atoms with van der Waals surface area (Å²) < 4.78 is 10.2. The van der Waals surface area contributed by atoms with Crippen molar-refractivity contribution in [2.75, 3.05) is 20.3 Å².